The standard InChI is InChI=1S/C13H17N3O2S/c1-16(2)6-5-14-13(17)9-10-8-11(18-15-10)12-4-3-7-19-12/h3-4,7-8H,5-6,9H2,1-2H3,(H,14,17). The fraction of sp³-hybridized carbons (Fsp3) is 0.385. The molecule has 102 valence electrons. The summed E-state index contributed by atoms with van der Waals surface area (Å²) in [6.07, 6.45) is 0.252. The van der Waals surface area contributed by atoms with Crippen molar-refractivity contribution in [1.29, 1.82) is 0 Å². The Kier molecular flexibility index (Phi) is 4.70. The summed E-state index contributed by atoms with van der Waals surface area (Å²) < 4.78 is 5.22. The minimum Gasteiger partial charge on any atom is -0.355 e. The van der Waals surface area contributed by atoms with Gasteiger partial charge in [0.1, 0.15) is 0 Å². The molecule has 0 radical (unpaired) electrons. The van der Waals surface area contributed by atoms with Gasteiger partial charge >= 0.3 is 0 Å². The van der Waals surface area contributed by atoms with Gasteiger partial charge < -0.3 is 14.7 Å². The molecule has 2 rings (SSSR count). The van der Waals surface area contributed by atoms with Gasteiger partial charge in [-0.3, -0.25) is 4.79 Å². The normalized spacial score (nSPS) is 10.9. The van der Waals surface area contributed by atoms with Crippen molar-refractivity contribution in [3.05, 3.63) is 29.3 Å². The zero-order chi connectivity index (χ0) is 13.7. The first-order valence-corrected chi connectivity index (χ1v) is 6.94. The first-order valence-electron chi connectivity index (χ1n) is 6.06. The molecule has 0 unspecified atom stereocenters. The third-order valence-electron chi connectivity index (χ3n) is 2.55. The summed E-state index contributed by atoms with van der Waals surface area (Å²) in [4.78, 5) is 14.7. The molecule has 0 aliphatic carbocycles. The van der Waals surface area contributed by atoms with E-state index in [1.54, 1.807) is 11.3 Å². The molecule has 0 aromatic carbocycles. The van der Waals surface area contributed by atoms with Crippen LogP contribution >= 0.6 is 11.3 Å². The number of amides is 1. The molecule has 0 atom stereocenters. The molecule has 2 heterocycles. The molecule has 0 spiro atoms. The molecule has 0 fully saturated rings. The Morgan fingerprint density at radius 1 is 1.53 bits per heavy atom. The van der Waals surface area contributed by atoms with E-state index in [0.717, 1.165) is 11.4 Å². The summed E-state index contributed by atoms with van der Waals surface area (Å²) in [7, 11) is 3.94. The van der Waals surface area contributed by atoms with E-state index in [-0.39, 0.29) is 12.3 Å². The molecular formula is C13H17N3O2S. The molecule has 0 saturated carbocycles. The molecule has 0 aliphatic rings. The van der Waals surface area contributed by atoms with Crippen molar-refractivity contribution < 1.29 is 9.32 Å². The number of rotatable bonds is 6. The van der Waals surface area contributed by atoms with Gasteiger partial charge in [0.15, 0.2) is 5.76 Å². The van der Waals surface area contributed by atoms with Crippen molar-refractivity contribution >= 4 is 17.2 Å². The second-order valence-corrected chi connectivity index (χ2v) is 5.44. The Balaban J connectivity index is 1.84. The maximum absolute atomic E-state index is 11.7. The van der Waals surface area contributed by atoms with Crippen LogP contribution < -0.4 is 5.32 Å². The van der Waals surface area contributed by atoms with Crippen molar-refractivity contribution in [1.82, 2.24) is 15.4 Å². The molecule has 19 heavy (non-hydrogen) atoms. The molecule has 0 bridgehead atoms. The fourth-order valence-electron chi connectivity index (χ4n) is 1.58. The molecule has 0 saturated heterocycles. The van der Waals surface area contributed by atoms with Crippen molar-refractivity contribution in [2.75, 3.05) is 27.2 Å². The average molecular weight is 279 g/mol. The zero-order valence-electron chi connectivity index (χ0n) is 11.0. The number of aromatic nitrogens is 1. The number of carbonyl (C=O) groups is 1. The van der Waals surface area contributed by atoms with Gasteiger partial charge in [-0.1, -0.05) is 11.2 Å². The number of nitrogens with zero attached hydrogens (tertiary/aromatic N) is 2. The van der Waals surface area contributed by atoms with Crippen LogP contribution in [0.4, 0.5) is 0 Å². The van der Waals surface area contributed by atoms with Gasteiger partial charge in [0, 0.05) is 19.2 Å². The maximum atomic E-state index is 11.7. The van der Waals surface area contributed by atoms with Crippen LogP contribution in [0.1, 0.15) is 5.69 Å². The van der Waals surface area contributed by atoms with E-state index < -0.39 is 0 Å². The van der Waals surface area contributed by atoms with Gasteiger partial charge in [0.25, 0.3) is 0 Å². The zero-order valence-corrected chi connectivity index (χ0v) is 11.9. The Hall–Kier alpha value is -1.66. The maximum Gasteiger partial charge on any atom is 0.226 e. The Labute approximate surface area is 116 Å². The summed E-state index contributed by atoms with van der Waals surface area (Å²) in [5.74, 6) is 0.680. The lowest BCUT2D eigenvalue weighted by molar-refractivity contribution is -0.120. The van der Waals surface area contributed by atoms with Crippen LogP contribution in [0.3, 0.4) is 0 Å². The summed E-state index contributed by atoms with van der Waals surface area (Å²) in [5.41, 5.74) is 0.658. The number of nitrogens with one attached hydrogen (secondary N) is 1. The van der Waals surface area contributed by atoms with E-state index in [1.807, 2.05) is 42.6 Å². The second kappa shape index (κ2) is 6.49. The molecule has 2 aromatic heterocycles. The third kappa shape index (κ3) is 4.18. The Morgan fingerprint density at radius 3 is 3.05 bits per heavy atom. The highest BCUT2D eigenvalue weighted by Crippen LogP contribution is 2.25. The molecule has 1 N–H and O–H groups in total. The number of carbonyl (C=O) groups excluding carboxylic acids is 1. The molecule has 5 nitrogen and oxygen atoms in total. The minimum absolute atomic E-state index is 0.0344. The first kappa shape index (κ1) is 13.8. The van der Waals surface area contributed by atoms with Crippen LogP contribution in [0.2, 0.25) is 0 Å². The Morgan fingerprint density at radius 2 is 2.37 bits per heavy atom. The van der Waals surface area contributed by atoms with Gasteiger partial charge in [-0.05, 0) is 25.5 Å². The smallest absolute Gasteiger partial charge is 0.226 e. The van der Waals surface area contributed by atoms with E-state index in [2.05, 4.69) is 10.5 Å². The topological polar surface area (TPSA) is 58.4 Å². The molecular weight excluding hydrogens is 262 g/mol. The van der Waals surface area contributed by atoms with Crippen LogP contribution in [-0.4, -0.2) is 43.1 Å². The molecule has 6 heteroatoms. The third-order valence-corrected chi connectivity index (χ3v) is 3.43. The summed E-state index contributed by atoms with van der Waals surface area (Å²) in [6.45, 7) is 1.46. The van der Waals surface area contributed by atoms with Crippen molar-refractivity contribution in [3.63, 3.8) is 0 Å². The van der Waals surface area contributed by atoms with E-state index in [1.165, 1.54) is 0 Å². The molecule has 2 aromatic rings. The second-order valence-electron chi connectivity index (χ2n) is 4.49. The summed E-state index contributed by atoms with van der Waals surface area (Å²) in [6, 6.07) is 5.74. The minimum atomic E-state index is -0.0344. The monoisotopic (exact) mass is 279 g/mol. The number of hydrogen-bond acceptors (Lipinski definition) is 5. The molecule has 0 aliphatic heterocycles. The molecule has 1 amide bonds. The number of hydrogen-bond donors (Lipinski definition) is 1. The number of likely N-dealkylation sites (N-methyl/N-ethyl adjacent to an activating group) is 1. The van der Waals surface area contributed by atoms with Crippen molar-refractivity contribution in [3.8, 4) is 10.6 Å². The van der Waals surface area contributed by atoms with Crippen molar-refractivity contribution in [2.45, 2.75) is 6.42 Å². The lowest BCUT2D eigenvalue weighted by Crippen LogP contribution is -2.32. The van der Waals surface area contributed by atoms with E-state index in [0.29, 0.717) is 18.0 Å². The van der Waals surface area contributed by atoms with Gasteiger partial charge in [0.2, 0.25) is 5.91 Å². The van der Waals surface area contributed by atoms with Crippen LogP contribution in [0.5, 0.6) is 0 Å². The van der Waals surface area contributed by atoms with Gasteiger partial charge in [-0.15, -0.1) is 11.3 Å². The van der Waals surface area contributed by atoms with Crippen LogP contribution in [-0.2, 0) is 11.2 Å². The van der Waals surface area contributed by atoms with E-state index in [9.17, 15) is 4.79 Å². The first-order chi connectivity index (χ1) is 9.15. The van der Waals surface area contributed by atoms with Crippen LogP contribution in [0.25, 0.3) is 10.6 Å². The van der Waals surface area contributed by atoms with Gasteiger partial charge in [-0.2, -0.15) is 0 Å². The quantitative estimate of drug-likeness (QED) is 0.873. The number of thiophene rings is 1. The van der Waals surface area contributed by atoms with Gasteiger partial charge in [0.05, 0.1) is 17.0 Å². The highest BCUT2D eigenvalue weighted by Gasteiger charge is 2.10. The van der Waals surface area contributed by atoms with Crippen LogP contribution in [0.15, 0.2) is 28.1 Å². The average Bonchev–Trinajstić information content (AvgIpc) is 2.97. The van der Waals surface area contributed by atoms with Crippen molar-refractivity contribution in [2.24, 2.45) is 0 Å². The lowest BCUT2D eigenvalue weighted by atomic mass is 10.2. The van der Waals surface area contributed by atoms with Crippen LogP contribution in [0, 0.1) is 0 Å². The van der Waals surface area contributed by atoms with E-state index in [4.69, 9.17) is 4.52 Å². The SMILES string of the molecule is CN(C)CCNC(=O)Cc1cc(-c2cccs2)on1. The van der Waals surface area contributed by atoms with E-state index >= 15 is 0 Å². The Bertz CT molecular complexity index is 520. The van der Waals surface area contributed by atoms with Gasteiger partial charge in [-0.25, -0.2) is 0 Å². The highest BCUT2D eigenvalue weighted by molar-refractivity contribution is 7.13. The highest BCUT2D eigenvalue weighted by atomic mass is 32.1. The largest absolute Gasteiger partial charge is 0.355 e. The predicted molar refractivity (Wildman–Crippen MR) is 75.1 cm³/mol. The summed E-state index contributed by atoms with van der Waals surface area (Å²) in [5, 5.41) is 8.74. The fourth-order valence-corrected chi connectivity index (χ4v) is 2.25. The summed E-state index contributed by atoms with van der Waals surface area (Å²) >= 11 is 1.59. The lowest BCUT2D eigenvalue weighted by Gasteiger charge is -2.09. The predicted octanol–water partition coefficient (Wildman–Crippen LogP) is 1.62.